The van der Waals surface area contributed by atoms with Crippen LogP contribution in [0.4, 0.5) is 11.4 Å². The molecule has 0 aliphatic carbocycles. The van der Waals surface area contributed by atoms with Gasteiger partial charge in [0.05, 0.1) is 0 Å². The second-order valence-corrected chi connectivity index (χ2v) is 7.16. The Labute approximate surface area is 136 Å². The standard InChI is InChI=1S/C19H25NOS/c1-3-19(22(2)21)15-10-16-20(17-11-6-4-7-12-17)18-13-8-5-9-14-18/h4-9,11-14,19H,3,10,15-16H2,1-2H3. The van der Waals surface area contributed by atoms with E-state index in [0.29, 0.717) is 5.25 Å². The number of benzene rings is 2. The van der Waals surface area contributed by atoms with Gasteiger partial charge in [-0.25, -0.2) is 0 Å². The minimum absolute atomic E-state index is 0.313. The summed E-state index contributed by atoms with van der Waals surface area (Å²) in [7, 11) is -0.726. The quantitative estimate of drug-likeness (QED) is 0.700. The summed E-state index contributed by atoms with van der Waals surface area (Å²) in [5, 5.41) is 0.313. The Morgan fingerprint density at radius 1 is 0.955 bits per heavy atom. The highest BCUT2D eigenvalue weighted by molar-refractivity contribution is 7.84. The molecule has 118 valence electrons. The van der Waals surface area contributed by atoms with Crippen molar-refractivity contribution in [2.24, 2.45) is 0 Å². The molecule has 2 aromatic rings. The summed E-state index contributed by atoms with van der Waals surface area (Å²) in [6.07, 6.45) is 4.86. The fraction of sp³-hybridized carbons (Fsp3) is 0.368. The van der Waals surface area contributed by atoms with E-state index in [4.69, 9.17) is 0 Å². The first kappa shape index (κ1) is 16.8. The fourth-order valence-electron chi connectivity index (χ4n) is 2.71. The molecular formula is C19H25NOS. The lowest BCUT2D eigenvalue weighted by Crippen LogP contribution is -2.21. The largest absolute Gasteiger partial charge is 0.341 e. The van der Waals surface area contributed by atoms with Gasteiger partial charge in [0.25, 0.3) is 0 Å². The van der Waals surface area contributed by atoms with E-state index in [1.807, 2.05) is 18.4 Å². The van der Waals surface area contributed by atoms with Crippen LogP contribution < -0.4 is 4.90 Å². The smallest absolute Gasteiger partial charge is 0.0410 e. The van der Waals surface area contributed by atoms with Crippen molar-refractivity contribution < 1.29 is 4.21 Å². The summed E-state index contributed by atoms with van der Waals surface area (Å²) in [6.45, 7) is 3.07. The Balaban J connectivity index is 2.08. The summed E-state index contributed by atoms with van der Waals surface area (Å²) >= 11 is 0. The molecule has 2 unspecified atom stereocenters. The number of hydrogen-bond acceptors (Lipinski definition) is 2. The predicted molar refractivity (Wildman–Crippen MR) is 97.3 cm³/mol. The van der Waals surface area contributed by atoms with E-state index in [0.717, 1.165) is 25.8 Å². The molecule has 0 saturated heterocycles. The van der Waals surface area contributed by atoms with Crippen LogP contribution in [-0.2, 0) is 10.8 Å². The summed E-state index contributed by atoms with van der Waals surface area (Å²) in [5.74, 6) is 0. The molecule has 0 aliphatic rings. The van der Waals surface area contributed by atoms with Crippen LogP contribution in [0.2, 0.25) is 0 Å². The van der Waals surface area contributed by atoms with Crippen molar-refractivity contribution in [2.75, 3.05) is 17.7 Å². The summed E-state index contributed by atoms with van der Waals surface area (Å²) in [6, 6.07) is 20.9. The van der Waals surface area contributed by atoms with Gasteiger partial charge in [-0.3, -0.25) is 4.21 Å². The molecule has 0 radical (unpaired) electrons. The Morgan fingerprint density at radius 3 is 1.86 bits per heavy atom. The first-order valence-corrected chi connectivity index (χ1v) is 9.54. The number of rotatable bonds is 8. The lowest BCUT2D eigenvalue weighted by atomic mass is 10.1. The molecule has 0 saturated carbocycles. The highest BCUT2D eigenvalue weighted by Crippen LogP contribution is 2.25. The fourth-order valence-corrected chi connectivity index (χ4v) is 3.67. The molecule has 0 amide bonds. The molecule has 2 rings (SSSR count). The first-order valence-electron chi connectivity index (χ1n) is 7.92. The van der Waals surface area contributed by atoms with Crippen molar-refractivity contribution in [3.05, 3.63) is 60.7 Å². The van der Waals surface area contributed by atoms with Crippen LogP contribution in [-0.4, -0.2) is 22.3 Å². The van der Waals surface area contributed by atoms with Crippen molar-refractivity contribution in [1.29, 1.82) is 0 Å². The van der Waals surface area contributed by atoms with Crippen LogP contribution in [0, 0.1) is 0 Å². The summed E-state index contributed by atoms with van der Waals surface area (Å²) < 4.78 is 11.7. The van der Waals surface area contributed by atoms with E-state index >= 15 is 0 Å². The van der Waals surface area contributed by atoms with Gasteiger partial charge in [-0.15, -0.1) is 0 Å². The highest BCUT2D eigenvalue weighted by atomic mass is 32.2. The van der Waals surface area contributed by atoms with E-state index in [1.54, 1.807) is 0 Å². The van der Waals surface area contributed by atoms with Crippen LogP contribution in [0.1, 0.15) is 26.2 Å². The molecule has 2 aromatic carbocycles. The Kier molecular flexibility index (Phi) is 6.66. The van der Waals surface area contributed by atoms with Crippen molar-refractivity contribution in [2.45, 2.75) is 31.4 Å². The molecule has 0 aromatic heterocycles. The first-order chi connectivity index (χ1) is 10.7. The van der Waals surface area contributed by atoms with Crippen LogP contribution >= 0.6 is 0 Å². The lowest BCUT2D eigenvalue weighted by molar-refractivity contribution is 0.636. The van der Waals surface area contributed by atoms with Gasteiger partial charge in [0.15, 0.2) is 0 Å². The van der Waals surface area contributed by atoms with Gasteiger partial charge in [0.1, 0.15) is 0 Å². The van der Waals surface area contributed by atoms with Crippen LogP contribution in [0.3, 0.4) is 0 Å². The van der Waals surface area contributed by atoms with Crippen molar-refractivity contribution in [1.82, 2.24) is 0 Å². The minimum Gasteiger partial charge on any atom is -0.341 e. The zero-order valence-corrected chi connectivity index (χ0v) is 14.3. The van der Waals surface area contributed by atoms with Gasteiger partial charge in [-0.1, -0.05) is 43.3 Å². The van der Waals surface area contributed by atoms with Gasteiger partial charge in [-0.05, 0) is 43.5 Å². The van der Waals surface area contributed by atoms with Crippen LogP contribution in [0.5, 0.6) is 0 Å². The number of anilines is 2. The van der Waals surface area contributed by atoms with Crippen LogP contribution in [0.25, 0.3) is 0 Å². The third-order valence-electron chi connectivity index (χ3n) is 3.97. The molecule has 0 fully saturated rings. The average Bonchev–Trinajstić information content (AvgIpc) is 2.56. The zero-order valence-electron chi connectivity index (χ0n) is 13.4. The Morgan fingerprint density at radius 2 is 1.45 bits per heavy atom. The summed E-state index contributed by atoms with van der Waals surface area (Å²) in [4.78, 5) is 2.34. The number of nitrogens with zero attached hydrogens (tertiary/aromatic N) is 1. The molecule has 0 spiro atoms. The molecule has 0 heterocycles. The molecule has 22 heavy (non-hydrogen) atoms. The topological polar surface area (TPSA) is 20.3 Å². The molecule has 2 nitrogen and oxygen atoms in total. The van der Waals surface area contributed by atoms with Crippen molar-refractivity contribution in [3.8, 4) is 0 Å². The van der Waals surface area contributed by atoms with E-state index in [9.17, 15) is 4.21 Å². The molecule has 0 aliphatic heterocycles. The zero-order chi connectivity index (χ0) is 15.8. The van der Waals surface area contributed by atoms with E-state index in [1.165, 1.54) is 11.4 Å². The maximum atomic E-state index is 11.7. The monoisotopic (exact) mass is 315 g/mol. The van der Waals surface area contributed by atoms with E-state index in [-0.39, 0.29) is 0 Å². The van der Waals surface area contributed by atoms with E-state index in [2.05, 4.69) is 60.4 Å². The normalized spacial score (nSPS) is 13.5. The lowest BCUT2D eigenvalue weighted by Gasteiger charge is -2.25. The number of para-hydroxylation sites is 2. The van der Waals surface area contributed by atoms with Gasteiger partial charge < -0.3 is 4.90 Å². The molecule has 0 bridgehead atoms. The minimum atomic E-state index is -0.726. The second-order valence-electron chi connectivity index (χ2n) is 5.49. The van der Waals surface area contributed by atoms with Gasteiger partial charge in [0.2, 0.25) is 0 Å². The Hall–Kier alpha value is -1.61. The number of hydrogen-bond donors (Lipinski definition) is 0. The predicted octanol–water partition coefficient (Wildman–Crippen LogP) is 4.76. The van der Waals surface area contributed by atoms with Crippen molar-refractivity contribution in [3.63, 3.8) is 0 Å². The maximum absolute atomic E-state index is 11.7. The average molecular weight is 315 g/mol. The third kappa shape index (κ3) is 4.70. The van der Waals surface area contributed by atoms with Gasteiger partial charge in [-0.2, -0.15) is 0 Å². The molecule has 2 atom stereocenters. The highest BCUT2D eigenvalue weighted by Gasteiger charge is 2.13. The van der Waals surface area contributed by atoms with Crippen molar-refractivity contribution >= 4 is 22.2 Å². The Bertz CT molecular complexity index is 531. The second kappa shape index (κ2) is 8.74. The van der Waals surface area contributed by atoms with Gasteiger partial charge >= 0.3 is 0 Å². The van der Waals surface area contributed by atoms with Gasteiger partial charge in [0, 0.05) is 40.2 Å². The third-order valence-corrected chi connectivity index (χ3v) is 5.48. The van der Waals surface area contributed by atoms with Crippen LogP contribution in [0.15, 0.2) is 60.7 Å². The molecule has 0 N–H and O–H groups in total. The van der Waals surface area contributed by atoms with E-state index < -0.39 is 10.8 Å². The SMILES string of the molecule is CCC(CCCN(c1ccccc1)c1ccccc1)S(C)=O. The molecule has 3 heteroatoms. The maximum Gasteiger partial charge on any atom is 0.0410 e. The summed E-state index contributed by atoms with van der Waals surface area (Å²) in [5.41, 5.74) is 2.42. The molecular weight excluding hydrogens is 290 g/mol.